The Kier molecular flexibility index (Phi) is 7.90. The third kappa shape index (κ3) is 5.82. The minimum atomic E-state index is -0.321. The van der Waals surface area contributed by atoms with Crippen LogP contribution in [0.5, 0.6) is 0 Å². The molecule has 0 aromatic rings. The third-order valence-electron chi connectivity index (χ3n) is 3.24. The third-order valence-corrected chi connectivity index (χ3v) is 3.43. The van der Waals surface area contributed by atoms with Crippen molar-refractivity contribution in [3.63, 3.8) is 0 Å². The first-order chi connectivity index (χ1) is 9.19. The van der Waals surface area contributed by atoms with Gasteiger partial charge in [0.25, 0.3) is 0 Å². The van der Waals surface area contributed by atoms with Crippen molar-refractivity contribution in [3.8, 4) is 0 Å². The number of hydrogen-bond acceptors (Lipinski definition) is 5. The first-order valence-electron chi connectivity index (χ1n) is 6.89. The van der Waals surface area contributed by atoms with Gasteiger partial charge in [0, 0.05) is 19.5 Å². The fraction of sp³-hybridized carbons (Fsp3) is 0.846. The van der Waals surface area contributed by atoms with Gasteiger partial charge in [-0.2, -0.15) is 0 Å². The molecule has 0 aromatic heterocycles. The van der Waals surface area contributed by atoms with Gasteiger partial charge in [-0.25, -0.2) is 0 Å². The molecule has 0 aliphatic carbocycles. The van der Waals surface area contributed by atoms with Crippen LogP contribution in [0.3, 0.4) is 0 Å². The monoisotopic (exact) mass is 289 g/mol. The molecular formula is C13H23NO4S. The lowest BCUT2D eigenvalue weighted by Crippen LogP contribution is -2.29. The predicted molar refractivity (Wildman–Crippen MR) is 74.7 cm³/mol. The highest BCUT2D eigenvalue weighted by atomic mass is 32.1. The van der Waals surface area contributed by atoms with Crippen molar-refractivity contribution in [2.45, 2.75) is 39.0 Å². The normalized spacial score (nSPS) is 18.9. The summed E-state index contributed by atoms with van der Waals surface area (Å²) in [5.41, 5.74) is 0. The van der Waals surface area contributed by atoms with Crippen molar-refractivity contribution in [3.05, 3.63) is 0 Å². The van der Waals surface area contributed by atoms with Crippen LogP contribution >= 0.6 is 12.9 Å². The van der Waals surface area contributed by atoms with E-state index in [0.29, 0.717) is 26.3 Å². The van der Waals surface area contributed by atoms with Crippen LogP contribution in [0.1, 0.15) is 39.0 Å². The Morgan fingerprint density at radius 2 is 2.16 bits per heavy atom. The lowest BCUT2D eigenvalue weighted by molar-refractivity contribution is -0.148. The standard InChI is InChI=1S/C13H23NO4S/c1-2-3-4-5-7-17-13(16)11-9-12(15)14(10-11)6-8-18-19/h11,19H,2-10H2,1H3. The average Bonchev–Trinajstić information content (AvgIpc) is 2.77. The molecule has 1 rings (SSSR count). The molecular weight excluding hydrogens is 266 g/mol. The largest absolute Gasteiger partial charge is 0.465 e. The Bertz CT molecular complexity index is 298. The molecule has 1 aliphatic rings. The van der Waals surface area contributed by atoms with Crippen LogP contribution in [-0.4, -0.2) is 43.1 Å². The van der Waals surface area contributed by atoms with Crippen LogP contribution in [0.15, 0.2) is 0 Å². The molecule has 1 aliphatic heterocycles. The fourth-order valence-electron chi connectivity index (χ4n) is 2.12. The number of ether oxygens (including phenoxy) is 1. The minimum absolute atomic E-state index is 0.0154. The van der Waals surface area contributed by atoms with Gasteiger partial charge in [-0.05, 0) is 19.3 Å². The highest BCUT2D eigenvalue weighted by molar-refractivity contribution is 7.75. The van der Waals surface area contributed by atoms with E-state index in [1.165, 1.54) is 0 Å². The second-order valence-corrected chi connectivity index (χ2v) is 5.06. The molecule has 1 heterocycles. The molecule has 0 N–H and O–H groups in total. The van der Waals surface area contributed by atoms with E-state index in [-0.39, 0.29) is 24.2 Å². The number of unbranched alkanes of at least 4 members (excludes halogenated alkanes) is 3. The molecule has 0 aromatic carbocycles. The SMILES string of the molecule is CCCCCCOC(=O)C1CC(=O)N(CCOS)C1. The molecule has 1 unspecified atom stereocenters. The molecule has 110 valence electrons. The molecule has 5 nitrogen and oxygen atoms in total. The van der Waals surface area contributed by atoms with E-state index in [1.54, 1.807) is 4.90 Å². The van der Waals surface area contributed by atoms with E-state index >= 15 is 0 Å². The Hall–Kier alpha value is -0.750. The maximum atomic E-state index is 11.8. The van der Waals surface area contributed by atoms with Gasteiger partial charge in [-0.3, -0.25) is 9.59 Å². The molecule has 1 atom stereocenters. The van der Waals surface area contributed by atoms with Gasteiger partial charge in [-0.15, -0.1) is 0 Å². The number of amides is 1. The maximum absolute atomic E-state index is 11.8. The van der Waals surface area contributed by atoms with Crippen molar-refractivity contribution >= 4 is 24.8 Å². The number of carbonyl (C=O) groups is 2. The molecule has 0 radical (unpaired) electrons. The summed E-state index contributed by atoms with van der Waals surface area (Å²) in [6, 6.07) is 0. The summed E-state index contributed by atoms with van der Waals surface area (Å²) in [6.07, 6.45) is 4.56. The summed E-state index contributed by atoms with van der Waals surface area (Å²) in [7, 11) is 0. The van der Waals surface area contributed by atoms with Crippen LogP contribution in [0.2, 0.25) is 0 Å². The molecule has 0 spiro atoms. The van der Waals surface area contributed by atoms with Crippen LogP contribution in [-0.2, 0) is 18.5 Å². The van der Waals surface area contributed by atoms with Crippen molar-refractivity contribution in [1.29, 1.82) is 0 Å². The fourth-order valence-corrected chi connectivity index (χ4v) is 2.20. The Balaban J connectivity index is 2.21. The summed E-state index contributed by atoms with van der Waals surface area (Å²) >= 11 is 3.63. The molecule has 1 amide bonds. The maximum Gasteiger partial charge on any atom is 0.311 e. The Morgan fingerprint density at radius 3 is 2.84 bits per heavy atom. The number of likely N-dealkylation sites (tertiary alicyclic amines) is 1. The highest BCUT2D eigenvalue weighted by Gasteiger charge is 2.34. The van der Waals surface area contributed by atoms with Gasteiger partial charge >= 0.3 is 5.97 Å². The van der Waals surface area contributed by atoms with Crippen LogP contribution < -0.4 is 0 Å². The van der Waals surface area contributed by atoms with Crippen molar-refractivity contribution in [1.82, 2.24) is 4.90 Å². The van der Waals surface area contributed by atoms with Gasteiger partial charge in [-0.1, -0.05) is 26.2 Å². The molecule has 0 bridgehead atoms. The predicted octanol–water partition coefficient (Wildman–Crippen LogP) is 1.82. The van der Waals surface area contributed by atoms with E-state index in [9.17, 15) is 9.59 Å². The van der Waals surface area contributed by atoms with Gasteiger partial charge in [0.2, 0.25) is 5.91 Å². The second kappa shape index (κ2) is 9.20. The summed E-state index contributed by atoms with van der Waals surface area (Å²) in [5.74, 6) is -0.587. The van der Waals surface area contributed by atoms with Gasteiger partial charge in [0.1, 0.15) is 0 Å². The van der Waals surface area contributed by atoms with E-state index in [2.05, 4.69) is 24.0 Å². The lowest BCUT2D eigenvalue weighted by Gasteiger charge is -2.15. The number of esters is 1. The van der Waals surface area contributed by atoms with Gasteiger partial charge < -0.3 is 13.8 Å². The quantitative estimate of drug-likeness (QED) is 0.304. The highest BCUT2D eigenvalue weighted by Crippen LogP contribution is 2.19. The summed E-state index contributed by atoms with van der Waals surface area (Å²) < 4.78 is 9.84. The number of hydrogen-bond donors (Lipinski definition) is 1. The molecule has 0 saturated carbocycles. The van der Waals surface area contributed by atoms with E-state index in [0.717, 1.165) is 25.7 Å². The van der Waals surface area contributed by atoms with Crippen molar-refractivity contribution in [2.75, 3.05) is 26.3 Å². The van der Waals surface area contributed by atoms with E-state index < -0.39 is 0 Å². The molecule has 6 heteroatoms. The first kappa shape index (κ1) is 16.3. The van der Waals surface area contributed by atoms with E-state index in [1.807, 2.05) is 0 Å². The zero-order valence-corrected chi connectivity index (χ0v) is 12.4. The van der Waals surface area contributed by atoms with Crippen LogP contribution in [0, 0.1) is 5.92 Å². The van der Waals surface area contributed by atoms with Gasteiger partial charge in [0.05, 0.1) is 19.1 Å². The van der Waals surface area contributed by atoms with Crippen molar-refractivity contribution < 1.29 is 18.5 Å². The Morgan fingerprint density at radius 1 is 1.37 bits per heavy atom. The molecule has 1 saturated heterocycles. The number of thiol groups is 1. The van der Waals surface area contributed by atoms with Gasteiger partial charge in [0.15, 0.2) is 0 Å². The summed E-state index contributed by atoms with van der Waals surface area (Å²) in [5, 5.41) is 0. The second-order valence-electron chi connectivity index (χ2n) is 4.80. The molecule has 19 heavy (non-hydrogen) atoms. The van der Waals surface area contributed by atoms with Crippen LogP contribution in [0.25, 0.3) is 0 Å². The van der Waals surface area contributed by atoms with E-state index in [4.69, 9.17) is 4.74 Å². The topological polar surface area (TPSA) is 55.8 Å². The minimum Gasteiger partial charge on any atom is -0.465 e. The Labute approximate surface area is 120 Å². The average molecular weight is 289 g/mol. The molecule has 1 fully saturated rings. The zero-order chi connectivity index (χ0) is 14.1. The number of rotatable bonds is 9. The van der Waals surface area contributed by atoms with Crippen molar-refractivity contribution in [2.24, 2.45) is 5.92 Å². The lowest BCUT2D eigenvalue weighted by atomic mass is 10.1. The number of nitrogens with zero attached hydrogens (tertiary/aromatic N) is 1. The van der Waals surface area contributed by atoms with Crippen LogP contribution in [0.4, 0.5) is 0 Å². The smallest absolute Gasteiger partial charge is 0.311 e. The first-order valence-corrected chi connectivity index (χ1v) is 7.26. The zero-order valence-electron chi connectivity index (χ0n) is 11.5. The summed E-state index contributed by atoms with van der Waals surface area (Å²) in [4.78, 5) is 25.1. The summed E-state index contributed by atoms with van der Waals surface area (Å²) in [6.45, 7) is 3.88. The number of carbonyl (C=O) groups excluding carboxylic acids is 2.